The SMILES string of the molecule is Nc1nc(N2CC3CCC2C3)c2ccsc2n1. The summed E-state index contributed by atoms with van der Waals surface area (Å²) in [6, 6.07) is 2.79. The van der Waals surface area contributed by atoms with Crippen LogP contribution in [0.4, 0.5) is 11.8 Å². The second-order valence-electron chi connectivity index (χ2n) is 5.03. The molecule has 1 aliphatic heterocycles. The van der Waals surface area contributed by atoms with Crippen molar-refractivity contribution in [3.05, 3.63) is 11.4 Å². The van der Waals surface area contributed by atoms with Crippen molar-refractivity contribution in [2.75, 3.05) is 17.2 Å². The average molecular weight is 246 g/mol. The van der Waals surface area contributed by atoms with E-state index in [-0.39, 0.29) is 0 Å². The highest BCUT2D eigenvalue weighted by Crippen LogP contribution is 2.42. The molecule has 2 aliphatic rings. The van der Waals surface area contributed by atoms with Crippen LogP contribution >= 0.6 is 11.3 Å². The Morgan fingerprint density at radius 3 is 3.06 bits per heavy atom. The van der Waals surface area contributed by atoms with Gasteiger partial charge in [0.15, 0.2) is 0 Å². The molecule has 17 heavy (non-hydrogen) atoms. The Kier molecular flexibility index (Phi) is 1.88. The van der Waals surface area contributed by atoms with Crippen molar-refractivity contribution in [1.82, 2.24) is 9.97 Å². The first-order valence-electron chi connectivity index (χ1n) is 6.08. The second-order valence-corrected chi connectivity index (χ2v) is 5.92. The monoisotopic (exact) mass is 246 g/mol. The number of aromatic nitrogens is 2. The molecule has 5 heteroatoms. The molecule has 4 nitrogen and oxygen atoms in total. The van der Waals surface area contributed by atoms with Crippen molar-refractivity contribution in [3.63, 3.8) is 0 Å². The molecule has 0 aromatic carbocycles. The number of hydrogen-bond acceptors (Lipinski definition) is 5. The fourth-order valence-corrected chi connectivity index (χ4v) is 4.02. The standard InChI is InChI=1S/C12H14N4S/c13-12-14-10(9-3-4-17-11(9)15-12)16-6-7-1-2-8(16)5-7/h3-4,7-8H,1-2,5-6H2,(H2,13,14,15). The van der Waals surface area contributed by atoms with Gasteiger partial charge in [-0.1, -0.05) is 0 Å². The van der Waals surface area contributed by atoms with E-state index >= 15 is 0 Å². The molecule has 4 rings (SSSR count). The highest BCUT2D eigenvalue weighted by molar-refractivity contribution is 7.16. The molecule has 2 aromatic rings. The van der Waals surface area contributed by atoms with Crippen LogP contribution in [0.15, 0.2) is 11.4 Å². The molecular weight excluding hydrogens is 232 g/mol. The van der Waals surface area contributed by atoms with Gasteiger partial charge in [0.1, 0.15) is 10.6 Å². The van der Waals surface area contributed by atoms with Gasteiger partial charge in [-0.05, 0) is 36.6 Å². The number of nitrogens with two attached hydrogens (primary N) is 1. The predicted octanol–water partition coefficient (Wildman–Crippen LogP) is 2.26. The van der Waals surface area contributed by atoms with E-state index in [0.29, 0.717) is 12.0 Å². The zero-order valence-corrected chi connectivity index (χ0v) is 10.3. The van der Waals surface area contributed by atoms with Crippen molar-refractivity contribution in [2.45, 2.75) is 25.3 Å². The van der Waals surface area contributed by atoms with Gasteiger partial charge >= 0.3 is 0 Å². The summed E-state index contributed by atoms with van der Waals surface area (Å²) in [5.74, 6) is 2.32. The Labute approximate surface area is 103 Å². The van der Waals surface area contributed by atoms with Crippen molar-refractivity contribution in [2.24, 2.45) is 5.92 Å². The van der Waals surface area contributed by atoms with E-state index in [2.05, 4.69) is 26.3 Å². The third-order valence-electron chi connectivity index (χ3n) is 4.00. The topological polar surface area (TPSA) is 55.0 Å². The number of piperidine rings is 1. The van der Waals surface area contributed by atoms with Gasteiger partial charge in [0.05, 0.1) is 5.39 Å². The molecule has 0 radical (unpaired) electrons. The smallest absolute Gasteiger partial charge is 0.223 e. The lowest BCUT2D eigenvalue weighted by atomic mass is 10.1. The zero-order chi connectivity index (χ0) is 11.4. The summed E-state index contributed by atoms with van der Waals surface area (Å²) in [5, 5.41) is 3.23. The normalized spacial score (nSPS) is 27.2. The van der Waals surface area contributed by atoms with Crippen molar-refractivity contribution in [3.8, 4) is 0 Å². The van der Waals surface area contributed by atoms with Crippen LogP contribution in [0.1, 0.15) is 19.3 Å². The molecule has 2 unspecified atom stereocenters. The van der Waals surface area contributed by atoms with E-state index < -0.39 is 0 Å². The van der Waals surface area contributed by atoms with E-state index in [9.17, 15) is 0 Å². The fourth-order valence-electron chi connectivity index (χ4n) is 3.26. The molecule has 2 fully saturated rings. The molecule has 2 atom stereocenters. The predicted molar refractivity (Wildman–Crippen MR) is 70.3 cm³/mol. The number of nitrogens with zero attached hydrogens (tertiary/aromatic N) is 3. The van der Waals surface area contributed by atoms with Crippen molar-refractivity contribution < 1.29 is 0 Å². The summed E-state index contributed by atoms with van der Waals surface area (Å²) in [4.78, 5) is 12.2. The van der Waals surface area contributed by atoms with E-state index in [4.69, 9.17) is 5.73 Å². The Hall–Kier alpha value is -1.36. The minimum absolute atomic E-state index is 0.401. The summed E-state index contributed by atoms with van der Waals surface area (Å²) in [6.07, 6.45) is 4.02. The van der Waals surface area contributed by atoms with Gasteiger partial charge in [0.2, 0.25) is 5.95 Å². The maximum atomic E-state index is 5.81. The molecule has 0 amide bonds. The number of nitrogen functional groups attached to an aromatic ring is 1. The van der Waals surface area contributed by atoms with Crippen LogP contribution in [0.25, 0.3) is 10.2 Å². The summed E-state index contributed by atoms with van der Waals surface area (Å²) in [6.45, 7) is 1.14. The number of rotatable bonds is 1. The van der Waals surface area contributed by atoms with E-state index in [1.807, 2.05) is 0 Å². The number of thiophene rings is 1. The summed E-state index contributed by atoms with van der Waals surface area (Å²) < 4.78 is 0. The van der Waals surface area contributed by atoms with Crippen molar-refractivity contribution in [1.29, 1.82) is 0 Å². The molecule has 1 aliphatic carbocycles. The molecule has 1 saturated heterocycles. The minimum atomic E-state index is 0.401. The molecule has 2 aromatic heterocycles. The lowest BCUT2D eigenvalue weighted by Crippen LogP contribution is -2.32. The lowest BCUT2D eigenvalue weighted by Gasteiger charge is -2.28. The van der Waals surface area contributed by atoms with Crippen LogP contribution in [0.3, 0.4) is 0 Å². The van der Waals surface area contributed by atoms with Gasteiger partial charge in [-0.15, -0.1) is 11.3 Å². The van der Waals surface area contributed by atoms with Crippen molar-refractivity contribution >= 4 is 33.3 Å². The minimum Gasteiger partial charge on any atom is -0.368 e. The Balaban J connectivity index is 1.87. The maximum Gasteiger partial charge on any atom is 0.223 e. The summed E-state index contributed by atoms with van der Waals surface area (Å²) in [5.41, 5.74) is 5.81. The molecule has 3 heterocycles. The van der Waals surface area contributed by atoms with Gasteiger partial charge in [0, 0.05) is 12.6 Å². The Morgan fingerprint density at radius 2 is 2.29 bits per heavy atom. The summed E-state index contributed by atoms with van der Waals surface area (Å²) >= 11 is 1.64. The first kappa shape index (κ1) is 9.65. The quantitative estimate of drug-likeness (QED) is 0.838. The third kappa shape index (κ3) is 1.35. The number of anilines is 2. The number of hydrogen-bond donors (Lipinski definition) is 1. The third-order valence-corrected chi connectivity index (χ3v) is 4.81. The first-order chi connectivity index (χ1) is 8.31. The molecular formula is C12H14N4S. The molecule has 1 saturated carbocycles. The van der Waals surface area contributed by atoms with Crippen LogP contribution in [0, 0.1) is 5.92 Å². The zero-order valence-electron chi connectivity index (χ0n) is 9.47. The summed E-state index contributed by atoms with van der Waals surface area (Å²) in [7, 11) is 0. The second kappa shape index (κ2) is 3.32. The van der Waals surface area contributed by atoms with E-state index in [1.54, 1.807) is 11.3 Å². The largest absolute Gasteiger partial charge is 0.368 e. The maximum absolute atomic E-state index is 5.81. The van der Waals surface area contributed by atoms with Crippen LogP contribution in [0.2, 0.25) is 0 Å². The Bertz CT molecular complexity index is 579. The average Bonchev–Trinajstić information content (AvgIpc) is 3.02. The van der Waals surface area contributed by atoms with Crippen LogP contribution in [-0.4, -0.2) is 22.6 Å². The molecule has 2 bridgehead atoms. The lowest BCUT2D eigenvalue weighted by molar-refractivity contribution is 0.551. The number of fused-ring (bicyclic) bond motifs is 3. The highest BCUT2D eigenvalue weighted by Gasteiger charge is 2.39. The Morgan fingerprint density at radius 1 is 1.35 bits per heavy atom. The van der Waals surface area contributed by atoms with Gasteiger partial charge in [-0.3, -0.25) is 0 Å². The molecule has 88 valence electrons. The van der Waals surface area contributed by atoms with Crippen LogP contribution in [-0.2, 0) is 0 Å². The van der Waals surface area contributed by atoms with Crippen LogP contribution < -0.4 is 10.6 Å². The van der Waals surface area contributed by atoms with Crippen LogP contribution in [0.5, 0.6) is 0 Å². The highest BCUT2D eigenvalue weighted by atomic mass is 32.1. The molecule has 0 spiro atoms. The van der Waals surface area contributed by atoms with Gasteiger partial charge in [-0.2, -0.15) is 4.98 Å². The van der Waals surface area contributed by atoms with E-state index in [1.165, 1.54) is 19.3 Å². The molecule has 2 N–H and O–H groups in total. The van der Waals surface area contributed by atoms with Gasteiger partial charge in [0.25, 0.3) is 0 Å². The van der Waals surface area contributed by atoms with E-state index in [0.717, 1.165) is 28.5 Å². The van der Waals surface area contributed by atoms with Gasteiger partial charge in [-0.25, -0.2) is 4.98 Å². The van der Waals surface area contributed by atoms with Gasteiger partial charge < -0.3 is 10.6 Å². The fraction of sp³-hybridized carbons (Fsp3) is 0.500. The first-order valence-corrected chi connectivity index (χ1v) is 6.96.